The largest absolute Gasteiger partial charge is 0.494 e. The van der Waals surface area contributed by atoms with Crippen LogP contribution in [-0.4, -0.2) is 56.1 Å². The standard InChI is InChI=1S/C25H33FN4O2.HI/c1-2-27-25(28-14-6-16-32-23-11-9-22(26)10-12-23)29-18-21-17-24(31)30(19-21)15-13-20-7-4-3-5-8-20;/h3-5,7-12,21H,2,6,13-19H2,1H3,(H2,27,28,29);1H. The van der Waals surface area contributed by atoms with Crippen LogP contribution in [0.4, 0.5) is 4.39 Å². The summed E-state index contributed by atoms with van der Waals surface area (Å²) < 4.78 is 18.5. The average Bonchev–Trinajstić information content (AvgIpc) is 3.17. The lowest BCUT2D eigenvalue weighted by Crippen LogP contribution is -2.38. The van der Waals surface area contributed by atoms with Gasteiger partial charge in [0.2, 0.25) is 5.91 Å². The lowest BCUT2D eigenvalue weighted by Gasteiger charge is -2.16. The smallest absolute Gasteiger partial charge is 0.223 e. The number of nitrogens with one attached hydrogen (secondary N) is 2. The van der Waals surface area contributed by atoms with Crippen LogP contribution in [-0.2, 0) is 11.2 Å². The minimum Gasteiger partial charge on any atom is -0.494 e. The number of hydrogen-bond donors (Lipinski definition) is 2. The second kappa shape index (κ2) is 14.7. The monoisotopic (exact) mass is 568 g/mol. The predicted molar refractivity (Wildman–Crippen MR) is 141 cm³/mol. The van der Waals surface area contributed by atoms with E-state index in [0.717, 1.165) is 38.4 Å². The molecule has 1 heterocycles. The van der Waals surface area contributed by atoms with E-state index in [2.05, 4.69) is 27.8 Å². The highest BCUT2D eigenvalue weighted by Gasteiger charge is 2.28. The van der Waals surface area contributed by atoms with Crippen LogP contribution < -0.4 is 15.4 Å². The van der Waals surface area contributed by atoms with Gasteiger partial charge in [0.05, 0.1) is 6.61 Å². The summed E-state index contributed by atoms with van der Waals surface area (Å²) in [6, 6.07) is 16.3. The van der Waals surface area contributed by atoms with Crippen LogP contribution in [0.25, 0.3) is 0 Å². The number of halogens is 2. The van der Waals surface area contributed by atoms with Crippen molar-refractivity contribution >= 4 is 35.8 Å². The molecule has 0 saturated carbocycles. The van der Waals surface area contributed by atoms with Crippen molar-refractivity contribution < 1.29 is 13.9 Å². The van der Waals surface area contributed by atoms with Gasteiger partial charge in [-0.15, -0.1) is 24.0 Å². The molecule has 1 saturated heterocycles. The number of nitrogens with zero attached hydrogens (tertiary/aromatic N) is 2. The number of rotatable bonds is 11. The van der Waals surface area contributed by atoms with E-state index in [1.807, 2.05) is 30.0 Å². The molecule has 2 N–H and O–H groups in total. The van der Waals surface area contributed by atoms with Crippen LogP contribution in [0.1, 0.15) is 25.3 Å². The normalized spacial score (nSPS) is 15.8. The number of hydrogen-bond acceptors (Lipinski definition) is 3. The first-order valence-electron chi connectivity index (χ1n) is 11.4. The maximum atomic E-state index is 12.9. The Morgan fingerprint density at radius 2 is 1.91 bits per heavy atom. The summed E-state index contributed by atoms with van der Waals surface area (Å²) in [5, 5.41) is 6.56. The Labute approximate surface area is 213 Å². The van der Waals surface area contributed by atoms with Crippen LogP contribution in [0.3, 0.4) is 0 Å². The predicted octanol–water partition coefficient (Wildman–Crippen LogP) is 3.86. The third-order valence-corrected chi connectivity index (χ3v) is 5.36. The second-order valence-electron chi connectivity index (χ2n) is 7.95. The Morgan fingerprint density at radius 3 is 2.64 bits per heavy atom. The molecule has 2 aromatic carbocycles. The summed E-state index contributed by atoms with van der Waals surface area (Å²) >= 11 is 0. The fourth-order valence-corrected chi connectivity index (χ4v) is 3.66. The number of benzene rings is 2. The molecule has 0 bridgehead atoms. The van der Waals surface area contributed by atoms with Gasteiger partial charge in [-0.2, -0.15) is 0 Å². The van der Waals surface area contributed by atoms with Crippen LogP contribution in [0.2, 0.25) is 0 Å². The van der Waals surface area contributed by atoms with Crippen LogP contribution in [0.15, 0.2) is 59.6 Å². The summed E-state index contributed by atoms with van der Waals surface area (Å²) in [6.45, 7) is 6.18. The number of amides is 1. The molecular formula is C25H34FIN4O2. The van der Waals surface area contributed by atoms with E-state index in [-0.39, 0.29) is 41.6 Å². The van der Waals surface area contributed by atoms with Gasteiger partial charge in [0.25, 0.3) is 0 Å². The van der Waals surface area contributed by atoms with E-state index in [1.165, 1.54) is 17.7 Å². The summed E-state index contributed by atoms with van der Waals surface area (Å²) in [5.74, 6) is 1.61. The molecule has 2 aromatic rings. The SMILES string of the molecule is CCNC(=NCC1CC(=O)N(CCc2ccccc2)C1)NCCCOc1ccc(F)cc1.I. The molecule has 3 rings (SSSR count). The Kier molecular flexibility index (Phi) is 12.0. The lowest BCUT2D eigenvalue weighted by atomic mass is 10.1. The van der Waals surface area contributed by atoms with E-state index < -0.39 is 0 Å². The summed E-state index contributed by atoms with van der Waals surface area (Å²) in [7, 11) is 0. The van der Waals surface area contributed by atoms with E-state index in [1.54, 1.807) is 12.1 Å². The van der Waals surface area contributed by atoms with Crippen molar-refractivity contribution in [2.24, 2.45) is 10.9 Å². The topological polar surface area (TPSA) is 66.0 Å². The zero-order chi connectivity index (χ0) is 22.6. The number of aliphatic imine (C=N–C) groups is 1. The molecule has 0 aromatic heterocycles. The highest BCUT2D eigenvalue weighted by atomic mass is 127. The van der Waals surface area contributed by atoms with Gasteiger partial charge in [0.1, 0.15) is 11.6 Å². The number of carbonyl (C=O) groups excluding carboxylic acids is 1. The quantitative estimate of drug-likeness (QED) is 0.187. The molecule has 1 amide bonds. The third-order valence-electron chi connectivity index (χ3n) is 5.36. The van der Waals surface area contributed by atoms with Crippen LogP contribution >= 0.6 is 24.0 Å². The van der Waals surface area contributed by atoms with Gasteiger partial charge in [-0.25, -0.2) is 4.39 Å². The molecule has 1 aliphatic heterocycles. The van der Waals surface area contributed by atoms with Gasteiger partial charge in [-0.3, -0.25) is 9.79 Å². The Balaban J connectivity index is 0.00000385. The molecule has 180 valence electrons. The van der Waals surface area contributed by atoms with Crippen molar-refractivity contribution in [2.45, 2.75) is 26.2 Å². The zero-order valence-corrected chi connectivity index (χ0v) is 21.5. The Hall–Kier alpha value is -2.36. The first kappa shape index (κ1) is 26.9. The zero-order valence-electron chi connectivity index (χ0n) is 19.1. The second-order valence-corrected chi connectivity index (χ2v) is 7.95. The van der Waals surface area contributed by atoms with Gasteiger partial charge in [0, 0.05) is 45.1 Å². The molecule has 1 fully saturated rings. The molecule has 33 heavy (non-hydrogen) atoms. The van der Waals surface area contributed by atoms with Gasteiger partial charge < -0.3 is 20.3 Å². The van der Waals surface area contributed by atoms with Crippen molar-refractivity contribution in [1.29, 1.82) is 0 Å². The van der Waals surface area contributed by atoms with Crippen LogP contribution in [0.5, 0.6) is 5.75 Å². The summed E-state index contributed by atoms with van der Waals surface area (Å²) in [4.78, 5) is 19.0. The van der Waals surface area contributed by atoms with Gasteiger partial charge >= 0.3 is 0 Å². The Bertz CT molecular complexity index is 864. The number of carbonyl (C=O) groups is 1. The highest BCUT2D eigenvalue weighted by Crippen LogP contribution is 2.18. The summed E-state index contributed by atoms with van der Waals surface area (Å²) in [5.41, 5.74) is 1.25. The minimum absolute atomic E-state index is 0. The molecule has 0 spiro atoms. The van der Waals surface area contributed by atoms with Gasteiger partial charge in [0.15, 0.2) is 5.96 Å². The fraction of sp³-hybridized carbons (Fsp3) is 0.440. The van der Waals surface area contributed by atoms with Crippen molar-refractivity contribution in [3.05, 3.63) is 66.0 Å². The average molecular weight is 568 g/mol. The first-order valence-corrected chi connectivity index (χ1v) is 11.4. The third kappa shape index (κ3) is 9.57. The van der Waals surface area contributed by atoms with E-state index in [9.17, 15) is 9.18 Å². The maximum absolute atomic E-state index is 12.9. The summed E-state index contributed by atoms with van der Waals surface area (Å²) in [6.07, 6.45) is 2.23. The molecular weight excluding hydrogens is 534 g/mol. The van der Waals surface area contributed by atoms with Crippen LogP contribution in [0, 0.1) is 11.7 Å². The van der Waals surface area contributed by atoms with E-state index >= 15 is 0 Å². The fourth-order valence-electron chi connectivity index (χ4n) is 3.66. The molecule has 1 unspecified atom stereocenters. The van der Waals surface area contributed by atoms with E-state index in [4.69, 9.17) is 4.74 Å². The number of guanidine groups is 1. The van der Waals surface area contributed by atoms with Gasteiger partial charge in [-0.05, 0) is 49.6 Å². The maximum Gasteiger partial charge on any atom is 0.223 e. The van der Waals surface area contributed by atoms with Crippen molar-refractivity contribution in [3.8, 4) is 5.75 Å². The lowest BCUT2D eigenvalue weighted by molar-refractivity contribution is -0.127. The molecule has 6 nitrogen and oxygen atoms in total. The molecule has 1 aliphatic rings. The molecule has 0 aliphatic carbocycles. The molecule has 1 atom stereocenters. The molecule has 8 heteroatoms. The minimum atomic E-state index is -0.270. The Morgan fingerprint density at radius 1 is 1.15 bits per heavy atom. The number of ether oxygens (including phenoxy) is 1. The van der Waals surface area contributed by atoms with Crippen molar-refractivity contribution in [2.75, 3.05) is 39.3 Å². The first-order chi connectivity index (χ1) is 15.6. The molecule has 0 radical (unpaired) electrons. The van der Waals surface area contributed by atoms with E-state index in [0.29, 0.717) is 31.9 Å². The van der Waals surface area contributed by atoms with Gasteiger partial charge in [-0.1, -0.05) is 30.3 Å². The number of likely N-dealkylation sites (tertiary alicyclic amines) is 1. The van der Waals surface area contributed by atoms with Crippen molar-refractivity contribution in [1.82, 2.24) is 15.5 Å². The highest BCUT2D eigenvalue weighted by molar-refractivity contribution is 14.0. The van der Waals surface area contributed by atoms with Crippen molar-refractivity contribution in [3.63, 3.8) is 0 Å².